The second-order valence-corrected chi connectivity index (χ2v) is 6.31. The van der Waals surface area contributed by atoms with Crippen molar-refractivity contribution >= 4 is 29.1 Å². The molecule has 3 N–H and O–H groups in total. The summed E-state index contributed by atoms with van der Waals surface area (Å²) in [5, 5.41) is 8.24. The van der Waals surface area contributed by atoms with Gasteiger partial charge < -0.3 is 16.0 Å². The number of carbonyl (C=O) groups excluding carboxylic acids is 3. The Morgan fingerprint density at radius 3 is 1.85 bits per heavy atom. The molecule has 26 heavy (non-hydrogen) atoms. The predicted molar refractivity (Wildman–Crippen MR) is 102 cm³/mol. The topological polar surface area (TPSA) is 87.3 Å². The summed E-state index contributed by atoms with van der Waals surface area (Å²) in [6.45, 7) is 5.17. The molecule has 0 bridgehead atoms. The van der Waals surface area contributed by atoms with Crippen LogP contribution in [0.2, 0.25) is 0 Å². The van der Waals surface area contributed by atoms with Gasteiger partial charge in [-0.25, -0.2) is 0 Å². The van der Waals surface area contributed by atoms with Crippen molar-refractivity contribution in [2.45, 2.75) is 26.8 Å². The Bertz CT molecular complexity index is 771. The van der Waals surface area contributed by atoms with Crippen molar-refractivity contribution < 1.29 is 14.4 Å². The molecule has 0 radical (unpaired) electrons. The Hall–Kier alpha value is -3.15. The minimum Gasteiger partial charge on any atom is -0.340 e. The predicted octanol–water partition coefficient (Wildman–Crippen LogP) is 3.04. The first kappa shape index (κ1) is 19.2. The molecule has 0 aliphatic rings. The monoisotopic (exact) mass is 353 g/mol. The van der Waals surface area contributed by atoms with E-state index in [1.807, 2.05) is 19.9 Å². The van der Waals surface area contributed by atoms with Crippen LogP contribution in [0.5, 0.6) is 0 Å². The normalized spacial score (nSPS) is 11.5. The molecule has 1 atom stereocenters. The summed E-state index contributed by atoms with van der Waals surface area (Å²) < 4.78 is 0. The van der Waals surface area contributed by atoms with Gasteiger partial charge >= 0.3 is 0 Å². The van der Waals surface area contributed by atoms with Gasteiger partial charge in [-0.05, 0) is 42.3 Å². The van der Waals surface area contributed by atoms with Crippen molar-refractivity contribution in [3.8, 4) is 0 Å². The van der Waals surface area contributed by atoms with Gasteiger partial charge in [-0.3, -0.25) is 14.4 Å². The molecule has 0 saturated carbocycles. The van der Waals surface area contributed by atoms with Crippen LogP contribution in [0.15, 0.2) is 54.6 Å². The molecule has 2 rings (SSSR count). The molecule has 2 aromatic rings. The van der Waals surface area contributed by atoms with Gasteiger partial charge in [-0.1, -0.05) is 32.0 Å². The molecule has 6 nitrogen and oxygen atoms in total. The summed E-state index contributed by atoms with van der Waals surface area (Å²) in [6, 6.07) is 14.9. The summed E-state index contributed by atoms with van der Waals surface area (Å²) in [5.41, 5.74) is 1.74. The molecule has 0 fully saturated rings. The van der Waals surface area contributed by atoms with Crippen LogP contribution in [0, 0.1) is 5.92 Å². The highest BCUT2D eigenvalue weighted by Gasteiger charge is 2.24. The van der Waals surface area contributed by atoms with E-state index in [0.29, 0.717) is 16.9 Å². The number of benzene rings is 2. The van der Waals surface area contributed by atoms with Crippen LogP contribution in [0.3, 0.4) is 0 Å². The fraction of sp³-hybridized carbons (Fsp3) is 0.250. The lowest BCUT2D eigenvalue weighted by Crippen LogP contribution is -2.47. The van der Waals surface area contributed by atoms with Crippen molar-refractivity contribution in [1.82, 2.24) is 5.32 Å². The van der Waals surface area contributed by atoms with Gasteiger partial charge in [0, 0.05) is 23.9 Å². The smallest absolute Gasteiger partial charge is 0.251 e. The zero-order valence-corrected chi connectivity index (χ0v) is 15.1. The first-order valence-corrected chi connectivity index (χ1v) is 8.41. The molecule has 6 heteroatoms. The van der Waals surface area contributed by atoms with E-state index in [1.165, 1.54) is 6.92 Å². The molecule has 136 valence electrons. The zero-order valence-electron chi connectivity index (χ0n) is 15.1. The highest BCUT2D eigenvalue weighted by atomic mass is 16.2. The van der Waals surface area contributed by atoms with Gasteiger partial charge in [0.25, 0.3) is 5.91 Å². The fourth-order valence-corrected chi connectivity index (χ4v) is 2.41. The van der Waals surface area contributed by atoms with Gasteiger partial charge in [0.2, 0.25) is 11.8 Å². The Kier molecular flexibility index (Phi) is 6.49. The van der Waals surface area contributed by atoms with E-state index in [1.54, 1.807) is 48.5 Å². The molecule has 0 saturated heterocycles. The third-order valence-electron chi connectivity index (χ3n) is 3.74. The molecular weight excluding hydrogens is 330 g/mol. The van der Waals surface area contributed by atoms with Gasteiger partial charge in [-0.15, -0.1) is 0 Å². The molecule has 0 aromatic heterocycles. The minimum absolute atomic E-state index is 0.0821. The molecule has 0 aliphatic carbocycles. The SMILES string of the molecule is CC(=O)Nc1ccc(NC(=O)[C@@H](NC(=O)c2ccccc2)C(C)C)cc1. The Balaban J connectivity index is 2.04. The maximum absolute atomic E-state index is 12.6. The Morgan fingerprint density at radius 2 is 1.35 bits per heavy atom. The van der Waals surface area contributed by atoms with Crippen molar-refractivity contribution in [1.29, 1.82) is 0 Å². The van der Waals surface area contributed by atoms with Crippen LogP contribution in [-0.4, -0.2) is 23.8 Å². The van der Waals surface area contributed by atoms with E-state index in [0.717, 1.165) is 0 Å². The van der Waals surface area contributed by atoms with Crippen molar-refractivity contribution in [2.75, 3.05) is 10.6 Å². The van der Waals surface area contributed by atoms with Crippen LogP contribution in [0.25, 0.3) is 0 Å². The largest absolute Gasteiger partial charge is 0.340 e. The van der Waals surface area contributed by atoms with Gasteiger partial charge in [0.15, 0.2) is 0 Å². The number of carbonyl (C=O) groups is 3. The summed E-state index contributed by atoms with van der Waals surface area (Å²) in [7, 11) is 0. The molecule has 3 amide bonds. The summed E-state index contributed by atoms with van der Waals surface area (Å²) >= 11 is 0. The first-order valence-electron chi connectivity index (χ1n) is 8.41. The van der Waals surface area contributed by atoms with Crippen molar-refractivity contribution in [3.05, 3.63) is 60.2 Å². The van der Waals surface area contributed by atoms with Crippen molar-refractivity contribution in [3.63, 3.8) is 0 Å². The highest BCUT2D eigenvalue weighted by molar-refractivity contribution is 6.01. The van der Waals surface area contributed by atoms with Crippen LogP contribution < -0.4 is 16.0 Å². The van der Waals surface area contributed by atoms with E-state index >= 15 is 0 Å². The maximum atomic E-state index is 12.6. The fourth-order valence-electron chi connectivity index (χ4n) is 2.41. The molecule has 2 aromatic carbocycles. The number of anilines is 2. The molecule has 0 heterocycles. The van der Waals surface area contributed by atoms with Gasteiger partial charge in [-0.2, -0.15) is 0 Å². The Morgan fingerprint density at radius 1 is 0.808 bits per heavy atom. The summed E-state index contributed by atoms with van der Waals surface area (Å²) in [6.07, 6.45) is 0. The van der Waals surface area contributed by atoms with E-state index in [2.05, 4.69) is 16.0 Å². The van der Waals surface area contributed by atoms with E-state index in [4.69, 9.17) is 0 Å². The van der Waals surface area contributed by atoms with Gasteiger partial charge in [0.1, 0.15) is 6.04 Å². The summed E-state index contributed by atoms with van der Waals surface area (Å²) in [5.74, 6) is -0.830. The average molecular weight is 353 g/mol. The van der Waals surface area contributed by atoms with Crippen LogP contribution in [-0.2, 0) is 9.59 Å². The lowest BCUT2D eigenvalue weighted by Gasteiger charge is -2.22. The molecule has 0 spiro atoms. The van der Waals surface area contributed by atoms with E-state index in [9.17, 15) is 14.4 Å². The van der Waals surface area contributed by atoms with Crippen LogP contribution >= 0.6 is 0 Å². The average Bonchev–Trinajstić information content (AvgIpc) is 2.61. The van der Waals surface area contributed by atoms with E-state index < -0.39 is 6.04 Å². The number of rotatable bonds is 6. The number of amides is 3. The first-order chi connectivity index (χ1) is 12.4. The lowest BCUT2D eigenvalue weighted by atomic mass is 10.0. The minimum atomic E-state index is -0.669. The molecule has 0 aliphatic heterocycles. The quantitative estimate of drug-likeness (QED) is 0.746. The number of hydrogen-bond acceptors (Lipinski definition) is 3. The maximum Gasteiger partial charge on any atom is 0.251 e. The van der Waals surface area contributed by atoms with Crippen LogP contribution in [0.1, 0.15) is 31.1 Å². The standard InChI is InChI=1S/C20H23N3O3/c1-13(2)18(23-19(25)15-7-5-4-6-8-15)20(26)22-17-11-9-16(10-12-17)21-14(3)24/h4-13,18H,1-3H3,(H,21,24)(H,22,26)(H,23,25)/t18-/m0/s1. The third-order valence-corrected chi connectivity index (χ3v) is 3.74. The zero-order chi connectivity index (χ0) is 19.1. The van der Waals surface area contributed by atoms with Gasteiger partial charge in [0.05, 0.1) is 0 Å². The van der Waals surface area contributed by atoms with Crippen LogP contribution in [0.4, 0.5) is 11.4 Å². The number of hydrogen-bond donors (Lipinski definition) is 3. The van der Waals surface area contributed by atoms with Crippen molar-refractivity contribution in [2.24, 2.45) is 5.92 Å². The molecular formula is C20H23N3O3. The second kappa shape index (κ2) is 8.80. The molecule has 0 unspecified atom stereocenters. The third kappa shape index (κ3) is 5.44. The van der Waals surface area contributed by atoms with E-state index in [-0.39, 0.29) is 23.6 Å². The Labute approximate surface area is 153 Å². The highest BCUT2D eigenvalue weighted by Crippen LogP contribution is 2.15. The summed E-state index contributed by atoms with van der Waals surface area (Å²) in [4.78, 5) is 36.0. The second-order valence-electron chi connectivity index (χ2n) is 6.31. The lowest BCUT2D eigenvalue weighted by molar-refractivity contribution is -0.119. The number of nitrogens with one attached hydrogen (secondary N) is 3.